The van der Waals surface area contributed by atoms with Crippen molar-refractivity contribution >= 4 is 5.91 Å². The zero-order valence-corrected chi connectivity index (χ0v) is 10.9. The summed E-state index contributed by atoms with van der Waals surface area (Å²) in [5.41, 5.74) is 5.18. The SMILES string of the molecule is CCC(C)(N)C(=O)NCC1CCC(C)CC1. The fraction of sp³-hybridized carbons (Fsp3) is 0.923. The molecule has 0 radical (unpaired) electrons. The molecule has 0 bridgehead atoms. The molecule has 1 rings (SSSR count). The van der Waals surface area contributed by atoms with Gasteiger partial charge < -0.3 is 11.1 Å². The van der Waals surface area contributed by atoms with Crippen molar-refractivity contribution in [2.24, 2.45) is 17.6 Å². The number of nitrogens with two attached hydrogens (primary N) is 1. The molecule has 0 aliphatic heterocycles. The number of hydrogen-bond acceptors (Lipinski definition) is 2. The van der Waals surface area contributed by atoms with Gasteiger partial charge in [0.1, 0.15) is 0 Å². The van der Waals surface area contributed by atoms with Crippen LogP contribution in [0.5, 0.6) is 0 Å². The van der Waals surface area contributed by atoms with E-state index < -0.39 is 5.54 Å². The van der Waals surface area contributed by atoms with E-state index in [0.29, 0.717) is 12.3 Å². The van der Waals surface area contributed by atoms with Crippen LogP contribution in [0.15, 0.2) is 0 Å². The van der Waals surface area contributed by atoms with Crippen molar-refractivity contribution in [1.29, 1.82) is 0 Å². The lowest BCUT2D eigenvalue weighted by Crippen LogP contribution is -2.52. The first-order chi connectivity index (χ1) is 7.45. The second-order valence-corrected chi connectivity index (χ2v) is 5.61. The van der Waals surface area contributed by atoms with E-state index in [4.69, 9.17) is 5.73 Å². The highest BCUT2D eigenvalue weighted by atomic mass is 16.2. The Labute approximate surface area is 99.2 Å². The third kappa shape index (κ3) is 3.78. The normalized spacial score (nSPS) is 29.5. The van der Waals surface area contributed by atoms with Crippen LogP contribution in [0.2, 0.25) is 0 Å². The van der Waals surface area contributed by atoms with Gasteiger partial charge in [-0.25, -0.2) is 0 Å². The van der Waals surface area contributed by atoms with Crippen LogP contribution >= 0.6 is 0 Å². The molecule has 1 fully saturated rings. The first kappa shape index (κ1) is 13.5. The summed E-state index contributed by atoms with van der Waals surface area (Å²) in [7, 11) is 0. The van der Waals surface area contributed by atoms with Crippen LogP contribution in [0.4, 0.5) is 0 Å². The molecule has 0 aromatic rings. The highest BCUT2D eigenvalue weighted by Gasteiger charge is 2.26. The molecule has 0 heterocycles. The number of carbonyl (C=O) groups is 1. The van der Waals surface area contributed by atoms with Gasteiger partial charge in [-0.05, 0) is 38.0 Å². The van der Waals surface area contributed by atoms with Gasteiger partial charge in [-0.3, -0.25) is 4.79 Å². The van der Waals surface area contributed by atoms with Crippen molar-refractivity contribution in [2.45, 2.75) is 58.4 Å². The van der Waals surface area contributed by atoms with Crippen molar-refractivity contribution in [1.82, 2.24) is 5.32 Å². The predicted molar refractivity (Wildman–Crippen MR) is 67.0 cm³/mol. The highest BCUT2D eigenvalue weighted by Crippen LogP contribution is 2.27. The molecule has 3 nitrogen and oxygen atoms in total. The fourth-order valence-electron chi connectivity index (χ4n) is 2.13. The maximum atomic E-state index is 11.8. The van der Waals surface area contributed by atoms with E-state index in [1.54, 1.807) is 6.92 Å². The molecule has 0 spiro atoms. The summed E-state index contributed by atoms with van der Waals surface area (Å²) in [5.74, 6) is 1.52. The maximum Gasteiger partial charge on any atom is 0.239 e. The Hall–Kier alpha value is -0.570. The van der Waals surface area contributed by atoms with E-state index in [1.165, 1.54) is 25.7 Å². The largest absolute Gasteiger partial charge is 0.354 e. The third-order valence-corrected chi connectivity index (χ3v) is 3.94. The van der Waals surface area contributed by atoms with E-state index in [2.05, 4.69) is 12.2 Å². The van der Waals surface area contributed by atoms with E-state index in [9.17, 15) is 4.79 Å². The van der Waals surface area contributed by atoms with Gasteiger partial charge in [-0.1, -0.05) is 26.7 Å². The quantitative estimate of drug-likeness (QED) is 0.771. The third-order valence-electron chi connectivity index (χ3n) is 3.94. The summed E-state index contributed by atoms with van der Waals surface area (Å²) in [5, 5.41) is 2.99. The molecule has 0 aromatic carbocycles. The first-order valence-corrected chi connectivity index (χ1v) is 6.53. The van der Waals surface area contributed by atoms with E-state index in [-0.39, 0.29) is 5.91 Å². The molecular weight excluding hydrogens is 200 g/mol. The Balaban J connectivity index is 2.27. The lowest BCUT2D eigenvalue weighted by Gasteiger charge is -2.28. The monoisotopic (exact) mass is 226 g/mol. The number of carbonyl (C=O) groups excluding carboxylic acids is 1. The molecule has 94 valence electrons. The van der Waals surface area contributed by atoms with Gasteiger partial charge in [-0.15, -0.1) is 0 Å². The molecule has 1 aliphatic carbocycles. The highest BCUT2D eigenvalue weighted by molar-refractivity contribution is 5.85. The van der Waals surface area contributed by atoms with Gasteiger partial charge in [0.2, 0.25) is 5.91 Å². The minimum atomic E-state index is -0.706. The molecule has 3 heteroatoms. The average Bonchev–Trinajstić information content (AvgIpc) is 2.28. The lowest BCUT2D eigenvalue weighted by molar-refractivity contribution is -0.126. The molecule has 16 heavy (non-hydrogen) atoms. The van der Waals surface area contributed by atoms with Crippen LogP contribution in [-0.2, 0) is 4.79 Å². The minimum Gasteiger partial charge on any atom is -0.354 e. The van der Waals surface area contributed by atoms with Crippen molar-refractivity contribution in [3.63, 3.8) is 0 Å². The molecule has 1 unspecified atom stereocenters. The predicted octanol–water partition coefficient (Wildman–Crippen LogP) is 2.06. The standard InChI is InChI=1S/C13H26N2O/c1-4-13(3,14)12(16)15-9-11-7-5-10(2)6-8-11/h10-11H,4-9,14H2,1-3H3,(H,15,16). The fourth-order valence-corrected chi connectivity index (χ4v) is 2.13. The molecule has 1 atom stereocenters. The molecule has 1 amide bonds. The van der Waals surface area contributed by atoms with Crippen LogP contribution in [-0.4, -0.2) is 18.0 Å². The number of amides is 1. The Morgan fingerprint density at radius 3 is 2.44 bits per heavy atom. The summed E-state index contributed by atoms with van der Waals surface area (Å²) in [6, 6.07) is 0. The van der Waals surface area contributed by atoms with Crippen molar-refractivity contribution in [3.05, 3.63) is 0 Å². The van der Waals surface area contributed by atoms with Crippen LogP contribution < -0.4 is 11.1 Å². The summed E-state index contributed by atoms with van der Waals surface area (Å²) in [6.45, 7) is 6.86. The number of rotatable bonds is 4. The van der Waals surface area contributed by atoms with Crippen LogP contribution in [0.3, 0.4) is 0 Å². The summed E-state index contributed by atoms with van der Waals surface area (Å²) in [4.78, 5) is 11.8. The van der Waals surface area contributed by atoms with Crippen molar-refractivity contribution < 1.29 is 4.79 Å². The minimum absolute atomic E-state index is 0.00591. The lowest BCUT2D eigenvalue weighted by atomic mass is 9.83. The van der Waals surface area contributed by atoms with Gasteiger partial charge in [0, 0.05) is 6.54 Å². The second kappa shape index (κ2) is 5.67. The van der Waals surface area contributed by atoms with E-state index in [0.717, 1.165) is 12.5 Å². The van der Waals surface area contributed by atoms with Gasteiger partial charge >= 0.3 is 0 Å². The Morgan fingerprint density at radius 1 is 1.38 bits per heavy atom. The molecule has 1 saturated carbocycles. The Kier molecular flexibility index (Phi) is 4.78. The maximum absolute atomic E-state index is 11.8. The molecular formula is C13H26N2O. The summed E-state index contributed by atoms with van der Waals surface area (Å²) >= 11 is 0. The van der Waals surface area contributed by atoms with Gasteiger partial charge in [-0.2, -0.15) is 0 Å². The van der Waals surface area contributed by atoms with Crippen LogP contribution in [0.25, 0.3) is 0 Å². The van der Waals surface area contributed by atoms with Crippen LogP contribution in [0.1, 0.15) is 52.9 Å². The first-order valence-electron chi connectivity index (χ1n) is 6.53. The van der Waals surface area contributed by atoms with Crippen LogP contribution in [0, 0.1) is 11.8 Å². The molecule has 0 aromatic heterocycles. The van der Waals surface area contributed by atoms with Gasteiger partial charge in [0.05, 0.1) is 5.54 Å². The van der Waals surface area contributed by atoms with Gasteiger partial charge in [0.25, 0.3) is 0 Å². The zero-order chi connectivity index (χ0) is 12.2. The molecule has 1 aliphatic rings. The molecule has 0 saturated heterocycles. The van der Waals surface area contributed by atoms with Crippen molar-refractivity contribution in [3.8, 4) is 0 Å². The summed E-state index contributed by atoms with van der Waals surface area (Å²) in [6.07, 6.45) is 5.77. The van der Waals surface area contributed by atoms with Gasteiger partial charge in [0.15, 0.2) is 0 Å². The Morgan fingerprint density at radius 2 is 1.94 bits per heavy atom. The van der Waals surface area contributed by atoms with E-state index in [1.807, 2.05) is 6.92 Å². The van der Waals surface area contributed by atoms with E-state index >= 15 is 0 Å². The topological polar surface area (TPSA) is 55.1 Å². The zero-order valence-electron chi connectivity index (χ0n) is 10.9. The molecule has 3 N–H and O–H groups in total. The number of hydrogen-bond donors (Lipinski definition) is 2. The summed E-state index contributed by atoms with van der Waals surface area (Å²) < 4.78 is 0. The number of nitrogens with one attached hydrogen (secondary N) is 1. The smallest absolute Gasteiger partial charge is 0.239 e. The van der Waals surface area contributed by atoms with Crippen molar-refractivity contribution in [2.75, 3.05) is 6.54 Å². The average molecular weight is 226 g/mol. The second-order valence-electron chi connectivity index (χ2n) is 5.61. The Bertz CT molecular complexity index is 230.